The molecule has 0 aliphatic carbocycles. The van der Waals surface area contributed by atoms with Crippen molar-refractivity contribution < 1.29 is 9.90 Å². The van der Waals surface area contributed by atoms with Gasteiger partial charge < -0.3 is 16.6 Å². The Labute approximate surface area is 116 Å². The van der Waals surface area contributed by atoms with Crippen LogP contribution in [0.2, 0.25) is 0 Å². The van der Waals surface area contributed by atoms with E-state index in [2.05, 4.69) is 27.7 Å². The molecule has 1 amide bonds. The summed E-state index contributed by atoms with van der Waals surface area (Å²) in [5.41, 5.74) is 10.3. The number of para-hydroxylation sites is 1. The molecule has 0 radical (unpaired) electrons. The Morgan fingerprint density at radius 2 is 1.74 bits per heavy atom. The van der Waals surface area contributed by atoms with Gasteiger partial charge in [0.2, 0.25) is 0 Å². The van der Waals surface area contributed by atoms with Crippen LogP contribution in [0.3, 0.4) is 0 Å². The van der Waals surface area contributed by atoms with E-state index >= 15 is 0 Å². The Bertz CT molecular complexity index is 339. The van der Waals surface area contributed by atoms with Gasteiger partial charge in [-0.3, -0.25) is 4.79 Å². The van der Waals surface area contributed by atoms with E-state index in [1.807, 2.05) is 0 Å². The largest absolute Gasteiger partial charge is 0.507 e. The SMILES string of the molecule is CC(C)CCN.CCC.NC(=O)c1ccccc1O. The Balaban J connectivity index is 0. The summed E-state index contributed by atoms with van der Waals surface area (Å²) in [4.78, 5) is 10.5. The molecule has 1 aromatic rings. The molecule has 1 aromatic carbocycles. The van der Waals surface area contributed by atoms with Crippen LogP contribution < -0.4 is 11.5 Å². The Morgan fingerprint density at radius 1 is 1.26 bits per heavy atom. The predicted molar refractivity (Wildman–Crippen MR) is 81.1 cm³/mol. The van der Waals surface area contributed by atoms with Crippen LogP contribution in [0.5, 0.6) is 5.75 Å². The van der Waals surface area contributed by atoms with Gasteiger partial charge >= 0.3 is 0 Å². The lowest BCUT2D eigenvalue weighted by atomic mass is 10.1. The fourth-order valence-corrected chi connectivity index (χ4v) is 1.02. The molecule has 5 N–H and O–H groups in total. The van der Waals surface area contributed by atoms with E-state index in [9.17, 15) is 4.79 Å². The number of aromatic hydroxyl groups is 1. The van der Waals surface area contributed by atoms with E-state index in [4.69, 9.17) is 16.6 Å². The lowest BCUT2D eigenvalue weighted by Gasteiger charge is -1.96. The molecule has 0 spiro atoms. The van der Waals surface area contributed by atoms with E-state index in [1.54, 1.807) is 12.1 Å². The van der Waals surface area contributed by atoms with Crippen LogP contribution in [0, 0.1) is 5.92 Å². The molecule has 110 valence electrons. The average Bonchev–Trinajstić information content (AvgIpc) is 2.30. The zero-order chi connectivity index (χ0) is 15.3. The first-order valence-corrected chi connectivity index (χ1v) is 6.68. The number of phenols is 1. The van der Waals surface area contributed by atoms with Crippen molar-refractivity contribution in [2.45, 2.75) is 40.5 Å². The standard InChI is InChI=1S/C7H7NO2.C5H13N.C3H8/c8-7(10)5-3-1-2-4-6(5)9;1-5(2)3-4-6;1-3-2/h1-4,9H,(H2,8,10);5H,3-4,6H2,1-2H3;3H2,1-2H3. The quantitative estimate of drug-likeness (QED) is 0.787. The molecule has 4 nitrogen and oxygen atoms in total. The zero-order valence-corrected chi connectivity index (χ0v) is 12.5. The molecule has 0 aromatic heterocycles. The van der Waals surface area contributed by atoms with Crippen LogP contribution in [-0.2, 0) is 0 Å². The molecule has 0 bridgehead atoms. The first kappa shape index (κ1) is 19.8. The minimum Gasteiger partial charge on any atom is -0.507 e. The third kappa shape index (κ3) is 12.7. The normalized spacial score (nSPS) is 8.95. The molecule has 1 rings (SSSR count). The lowest BCUT2D eigenvalue weighted by molar-refractivity contribution is 0.0998. The van der Waals surface area contributed by atoms with Gasteiger partial charge in [-0.15, -0.1) is 0 Å². The van der Waals surface area contributed by atoms with Crippen molar-refractivity contribution in [3.8, 4) is 5.75 Å². The Kier molecular flexibility index (Phi) is 13.4. The van der Waals surface area contributed by atoms with Gasteiger partial charge in [0, 0.05) is 0 Å². The van der Waals surface area contributed by atoms with Gasteiger partial charge in [0.15, 0.2) is 0 Å². The average molecular weight is 268 g/mol. The van der Waals surface area contributed by atoms with Crippen molar-refractivity contribution in [3.63, 3.8) is 0 Å². The first-order chi connectivity index (χ1) is 8.90. The summed E-state index contributed by atoms with van der Waals surface area (Å²) in [7, 11) is 0. The number of hydrogen-bond acceptors (Lipinski definition) is 3. The highest BCUT2D eigenvalue weighted by molar-refractivity contribution is 5.95. The van der Waals surface area contributed by atoms with Crippen molar-refractivity contribution in [2.24, 2.45) is 17.4 Å². The molecule has 19 heavy (non-hydrogen) atoms. The summed E-state index contributed by atoms with van der Waals surface area (Å²) in [6.07, 6.45) is 2.40. The summed E-state index contributed by atoms with van der Waals surface area (Å²) < 4.78 is 0. The molecule has 0 saturated carbocycles. The van der Waals surface area contributed by atoms with Gasteiger partial charge in [-0.1, -0.05) is 46.2 Å². The topological polar surface area (TPSA) is 89.3 Å². The zero-order valence-electron chi connectivity index (χ0n) is 12.5. The van der Waals surface area contributed by atoms with Crippen molar-refractivity contribution >= 4 is 5.91 Å². The van der Waals surface area contributed by atoms with Crippen LogP contribution in [0.4, 0.5) is 0 Å². The number of rotatable bonds is 3. The molecule has 4 heteroatoms. The van der Waals surface area contributed by atoms with Crippen LogP contribution in [0.1, 0.15) is 50.9 Å². The van der Waals surface area contributed by atoms with Crippen LogP contribution in [-0.4, -0.2) is 17.6 Å². The minimum absolute atomic E-state index is 0.0741. The molecule has 0 aliphatic heterocycles. The summed E-state index contributed by atoms with van der Waals surface area (Å²) in [6.45, 7) is 9.43. The molecule has 0 atom stereocenters. The minimum atomic E-state index is -0.613. The number of nitrogens with two attached hydrogens (primary N) is 2. The van der Waals surface area contributed by atoms with Gasteiger partial charge in [-0.25, -0.2) is 0 Å². The van der Waals surface area contributed by atoms with Crippen LogP contribution in [0.25, 0.3) is 0 Å². The number of carbonyl (C=O) groups excluding carboxylic acids is 1. The molecular weight excluding hydrogens is 240 g/mol. The number of amides is 1. The number of primary amides is 1. The Hall–Kier alpha value is -1.55. The molecule has 0 unspecified atom stereocenters. The highest BCUT2D eigenvalue weighted by atomic mass is 16.3. The van der Waals surface area contributed by atoms with Gasteiger partial charge in [-0.2, -0.15) is 0 Å². The highest BCUT2D eigenvalue weighted by Gasteiger charge is 2.03. The van der Waals surface area contributed by atoms with E-state index < -0.39 is 5.91 Å². The predicted octanol–water partition coefficient (Wildman–Crippen LogP) is 2.90. The van der Waals surface area contributed by atoms with Gasteiger partial charge in [-0.05, 0) is 31.0 Å². The smallest absolute Gasteiger partial charge is 0.252 e. The van der Waals surface area contributed by atoms with Crippen molar-refractivity contribution in [1.29, 1.82) is 0 Å². The summed E-state index contributed by atoms with van der Waals surface area (Å²) in [5, 5.41) is 8.98. The van der Waals surface area contributed by atoms with Crippen LogP contribution in [0.15, 0.2) is 24.3 Å². The second-order valence-corrected chi connectivity index (χ2v) is 4.56. The van der Waals surface area contributed by atoms with Gasteiger partial charge in [0.1, 0.15) is 5.75 Å². The third-order valence-corrected chi connectivity index (χ3v) is 1.91. The maximum atomic E-state index is 10.5. The molecule has 0 aliphatic rings. The molecular formula is C15H28N2O2. The monoisotopic (exact) mass is 268 g/mol. The number of hydrogen-bond donors (Lipinski definition) is 3. The fraction of sp³-hybridized carbons (Fsp3) is 0.533. The highest BCUT2D eigenvalue weighted by Crippen LogP contribution is 2.13. The molecule has 0 fully saturated rings. The van der Waals surface area contributed by atoms with Crippen molar-refractivity contribution in [2.75, 3.05) is 6.54 Å². The first-order valence-electron chi connectivity index (χ1n) is 6.68. The Morgan fingerprint density at radius 3 is 1.95 bits per heavy atom. The number of benzene rings is 1. The van der Waals surface area contributed by atoms with E-state index in [1.165, 1.54) is 18.6 Å². The number of carbonyl (C=O) groups is 1. The second-order valence-electron chi connectivity index (χ2n) is 4.56. The molecule has 0 heterocycles. The maximum Gasteiger partial charge on any atom is 0.252 e. The maximum absolute atomic E-state index is 10.5. The van der Waals surface area contributed by atoms with Crippen molar-refractivity contribution in [3.05, 3.63) is 29.8 Å². The third-order valence-electron chi connectivity index (χ3n) is 1.91. The van der Waals surface area contributed by atoms with Gasteiger partial charge in [0.05, 0.1) is 5.56 Å². The summed E-state index contributed by atoms with van der Waals surface area (Å²) in [6, 6.07) is 6.15. The van der Waals surface area contributed by atoms with E-state index in [0.29, 0.717) is 0 Å². The summed E-state index contributed by atoms with van der Waals surface area (Å²) >= 11 is 0. The molecule has 0 saturated heterocycles. The lowest BCUT2D eigenvalue weighted by Crippen LogP contribution is -2.10. The van der Waals surface area contributed by atoms with Crippen molar-refractivity contribution in [1.82, 2.24) is 0 Å². The van der Waals surface area contributed by atoms with E-state index in [0.717, 1.165) is 18.9 Å². The fourth-order valence-electron chi connectivity index (χ4n) is 1.02. The summed E-state index contributed by atoms with van der Waals surface area (Å²) in [5.74, 6) is 0.0862. The second kappa shape index (κ2) is 12.9. The van der Waals surface area contributed by atoms with E-state index in [-0.39, 0.29) is 11.3 Å². The van der Waals surface area contributed by atoms with Gasteiger partial charge in [0.25, 0.3) is 5.91 Å². The van der Waals surface area contributed by atoms with Crippen LogP contribution >= 0.6 is 0 Å².